The third kappa shape index (κ3) is 5.20. The summed E-state index contributed by atoms with van der Waals surface area (Å²) in [5.74, 6) is -0.359. The molecule has 8 heteroatoms. The number of nitrogens with zero attached hydrogens (tertiary/aromatic N) is 2. The molecule has 1 aromatic carbocycles. The van der Waals surface area contributed by atoms with E-state index in [0.29, 0.717) is 34.4 Å². The molecule has 1 fully saturated rings. The minimum atomic E-state index is -0.334. The van der Waals surface area contributed by atoms with Crippen LogP contribution in [-0.4, -0.2) is 48.0 Å². The first-order valence-corrected chi connectivity index (χ1v) is 9.09. The van der Waals surface area contributed by atoms with Gasteiger partial charge in [0.2, 0.25) is 5.91 Å². The van der Waals surface area contributed by atoms with Crippen molar-refractivity contribution >= 4 is 38.6 Å². The molecular formula is C17H20FN3O3S. The van der Waals surface area contributed by atoms with Crippen molar-refractivity contribution < 1.29 is 18.7 Å². The number of rotatable bonds is 8. The molecule has 1 N–H and O–H groups in total. The number of ether oxygens (including phenoxy) is 1. The fraction of sp³-hybridized carbons (Fsp3) is 0.471. The Kier molecular flexibility index (Phi) is 5.60. The Hall–Kier alpha value is -2.06. The second-order valence-corrected chi connectivity index (χ2v) is 7.13. The summed E-state index contributed by atoms with van der Waals surface area (Å²) < 4.78 is 18.9. The largest absolute Gasteiger partial charge is 0.465 e. The molecule has 0 unspecified atom stereocenters. The third-order valence-corrected chi connectivity index (χ3v) is 4.77. The summed E-state index contributed by atoms with van der Waals surface area (Å²) >= 11 is 1.22. The van der Waals surface area contributed by atoms with Crippen molar-refractivity contribution in [1.82, 2.24) is 9.88 Å². The first-order chi connectivity index (χ1) is 12.0. The van der Waals surface area contributed by atoms with Crippen molar-refractivity contribution in [2.24, 2.45) is 5.92 Å². The quantitative estimate of drug-likeness (QED) is 0.728. The minimum Gasteiger partial charge on any atom is -0.465 e. The van der Waals surface area contributed by atoms with Crippen LogP contribution in [0.3, 0.4) is 0 Å². The van der Waals surface area contributed by atoms with Gasteiger partial charge in [-0.3, -0.25) is 14.5 Å². The van der Waals surface area contributed by atoms with Gasteiger partial charge in [0.05, 0.1) is 29.9 Å². The van der Waals surface area contributed by atoms with Crippen molar-refractivity contribution in [3.05, 3.63) is 24.0 Å². The Morgan fingerprint density at radius 3 is 2.92 bits per heavy atom. The summed E-state index contributed by atoms with van der Waals surface area (Å²) in [6.45, 7) is 2.98. The lowest BCUT2D eigenvalue weighted by molar-refractivity contribution is -0.144. The molecule has 0 saturated heterocycles. The van der Waals surface area contributed by atoms with E-state index in [2.05, 4.69) is 10.3 Å². The van der Waals surface area contributed by atoms with Gasteiger partial charge in [-0.2, -0.15) is 0 Å². The second kappa shape index (κ2) is 7.88. The number of hydrogen-bond acceptors (Lipinski definition) is 6. The molecule has 25 heavy (non-hydrogen) atoms. The SMILES string of the molecule is CCOC(=O)CN(CC(=O)Nc1nc2ccc(F)cc2s1)CC1CC1. The molecule has 1 amide bonds. The van der Waals surface area contributed by atoms with Crippen LogP contribution in [0, 0.1) is 11.7 Å². The fourth-order valence-electron chi connectivity index (χ4n) is 2.55. The first kappa shape index (κ1) is 17.8. The fourth-order valence-corrected chi connectivity index (χ4v) is 3.46. The molecule has 1 aliphatic rings. The smallest absolute Gasteiger partial charge is 0.320 e. The van der Waals surface area contributed by atoms with Gasteiger partial charge in [-0.25, -0.2) is 9.37 Å². The highest BCUT2D eigenvalue weighted by atomic mass is 32.1. The first-order valence-electron chi connectivity index (χ1n) is 8.27. The number of hydrogen-bond donors (Lipinski definition) is 1. The number of benzene rings is 1. The molecule has 134 valence electrons. The molecule has 0 atom stereocenters. The van der Waals surface area contributed by atoms with Gasteiger partial charge in [0.1, 0.15) is 5.82 Å². The molecule has 2 aromatic rings. The zero-order chi connectivity index (χ0) is 17.8. The Morgan fingerprint density at radius 2 is 2.20 bits per heavy atom. The second-order valence-electron chi connectivity index (χ2n) is 6.10. The Bertz CT molecular complexity index is 776. The monoisotopic (exact) mass is 365 g/mol. The number of thiazole rings is 1. The molecule has 1 heterocycles. The molecule has 0 spiro atoms. The summed E-state index contributed by atoms with van der Waals surface area (Å²) in [7, 11) is 0. The van der Waals surface area contributed by atoms with Crippen LogP contribution >= 0.6 is 11.3 Å². The lowest BCUT2D eigenvalue weighted by Crippen LogP contribution is -2.38. The van der Waals surface area contributed by atoms with E-state index in [1.807, 2.05) is 0 Å². The van der Waals surface area contributed by atoms with Crippen molar-refractivity contribution in [2.45, 2.75) is 19.8 Å². The highest BCUT2D eigenvalue weighted by Crippen LogP contribution is 2.30. The van der Waals surface area contributed by atoms with Crippen LogP contribution in [0.1, 0.15) is 19.8 Å². The maximum atomic E-state index is 13.2. The Morgan fingerprint density at radius 1 is 1.40 bits per heavy atom. The van der Waals surface area contributed by atoms with Gasteiger partial charge in [-0.1, -0.05) is 11.3 Å². The molecule has 0 radical (unpaired) electrons. The molecular weight excluding hydrogens is 345 g/mol. The Balaban J connectivity index is 1.60. The highest BCUT2D eigenvalue weighted by molar-refractivity contribution is 7.22. The van der Waals surface area contributed by atoms with Crippen LogP contribution in [0.4, 0.5) is 9.52 Å². The van der Waals surface area contributed by atoms with Crippen LogP contribution in [0.5, 0.6) is 0 Å². The van der Waals surface area contributed by atoms with E-state index in [1.165, 1.54) is 23.5 Å². The summed E-state index contributed by atoms with van der Waals surface area (Å²) in [5.41, 5.74) is 0.642. The van der Waals surface area contributed by atoms with Gasteiger partial charge in [-0.05, 0) is 43.9 Å². The number of nitrogens with one attached hydrogen (secondary N) is 1. The van der Waals surface area contributed by atoms with E-state index < -0.39 is 0 Å². The predicted molar refractivity (Wildman–Crippen MR) is 94.0 cm³/mol. The zero-order valence-corrected chi connectivity index (χ0v) is 14.8. The van der Waals surface area contributed by atoms with Gasteiger partial charge in [-0.15, -0.1) is 0 Å². The van der Waals surface area contributed by atoms with Crippen LogP contribution in [-0.2, 0) is 14.3 Å². The van der Waals surface area contributed by atoms with Crippen LogP contribution in [0.25, 0.3) is 10.2 Å². The van der Waals surface area contributed by atoms with Crippen molar-refractivity contribution in [3.8, 4) is 0 Å². The van der Waals surface area contributed by atoms with E-state index in [-0.39, 0.29) is 30.8 Å². The van der Waals surface area contributed by atoms with Gasteiger partial charge in [0.15, 0.2) is 5.13 Å². The van der Waals surface area contributed by atoms with Gasteiger partial charge in [0, 0.05) is 6.54 Å². The molecule has 0 aliphatic heterocycles. The van der Waals surface area contributed by atoms with Crippen molar-refractivity contribution in [1.29, 1.82) is 0 Å². The molecule has 1 aromatic heterocycles. The summed E-state index contributed by atoms with van der Waals surface area (Å²) in [4.78, 5) is 30.1. The van der Waals surface area contributed by atoms with Gasteiger partial charge < -0.3 is 10.1 Å². The third-order valence-electron chi connectivity index (χ3n) is 3.84. The topological polar surface area (TPSA) is 71.5 Å². The standard InChI is InChI=1S/C17H20FN3O3S/c1-2-24-16(23)10-21(8-11-3-4-11)9-15(22)20-17-19-13-6-5-12(18)7-14(13)25-17/h5-7,11H,2-4,8-10H2,1H3,(H,19,20,22). The van der Waals surface area contributed by atoms with E-state index in [1.54, 1.807) is 17.9 Å². The molecule has 0 bridgehead atoms. The van der Waals surface area contributed by atoms with Crippen LogP contribution in [0.15, 0.2) is 18.2 Å². The summed E-state index contributed by atoms with van der Waals surface area (Å²) in [6.07, 6.45) is 2.26. The average molecular weight is 365 g/mol. The minimum absolute atomic E-state index is 0.0968. The summed E-state index contributed by atoms with van der Waals surface area (Å²) in [5, 5.41) is 3.16. The average Bonchev–Trinajstić information content (AvgIpc) is 3.25. The van der Waals surface area contributed by atoms with Gasteiger partial charge in [0.25, 0.3) is 0 Å². The van der Waals surface area contributed by atoms with E-state index in [4.69, 9.17) is 4.74 Å². The molecule has 6 nitrogen and oxygen atoms in total. The predicted octanol–water partition coefficient (Wildman–Crippen LogP) is 2.65. The normalized spacial score (nSPS) is 14.0. The van der Waals surface area contributed by atoms with Crippen molar-refractivity contribution in [3.63, 3.8) is 0 Å². The molecule has 1 saturated carbocycles. The van der Waals surface area contributed by atoms with E-state index in [9.17, 15) is 14.0 Å². The van der Waals surface area contributed by atoms with Crippen molar-refractivity contribution in [2.75, 3.05) is 31.6 Å². The molecule has 1 aliphatic carbocycles. The summed E-state index contributed by atoms with van der Waals surface area (Å²) in [6, 6.07) is 4.31. The maximum Gasteiger partial charge on any atom is 0.320 e. The van der Waals surface area contributed by atoms with Gasteiger partial charge >= 0.3 is 5.97 Å². The number of fused-ring (bicyclic) bond motifs is 1. The number of halogens is 1. The van der Waals surface area contributed by atoms with E-state index in [0.717, 1.165) is 12.8 Å². The Labute approximate surface area is 149 Å². The zero-order valence-electron chi connectivity index (χ0n) is 14.0. The molecule has 3 rings (SSSR count). The highest BCUT2D eigenvalue weighted by Gasteiger charge is 2.26. The van der Waals surface area contributed by atoms with E-state index >= 15 is 0 Å². The number of anilines is 1. The van der Waals surface area contributed by atoms with Crippen LogP contribution < -0.4 is 5.32 Å². The lowest BCUT2D eigenvalue weighted by atomic mass is 10.3. The maximum absolute atomic E-state index is 13.2. The number of esters is 1. The van der Waals surface area contributed by atoms with Crippen LogP contribution in [0.2, 0.25) is 0 Å². The lowest BCUT2D eigenvalue weighted by Gasteiger charge is -2.20. The number of amides is 1. The number of aromatic nitrogens is 1. The number of carbonyl (C=O) groups is 2. The number of carbonyl (C=O) groups excluding carboxylic acids is 2.